The second-order valence-electron chi connectivity index (χ2n) is 7.39. The third kappa shape index (κ3) is 4.57. The lowest BCUT2D eigenvalue weighted by molar-refractivity contribution is -0.120. The van der Waals surface area contributed by atoms with Gasteiger partial charge in [-0.15, -0.1) is 0 Å². The smallest absolute Gasteiger partial charge is 0.243 e. The molecule has 1 fully saturated rings. The van der Waals surface area contributed by atoms with Crippen LogP contribution in [0.2, 0.25) is 5.02 Å². The molecule has 0 spiro atoms. The molecular weight excluding hydrogens is 396 g/mol. The van der Waals surface area contributed by atoms with Crippen LogP contribution in [0, 0.1) is 5.92 Å². The molecule has 1 N–H and O–H groups in total. The van der Waals surface area contributed by atoms with E-state index in [0.29, 0.717) is 24.4 Å². The van der Waals surface area contributed by atoms with Crippen LogP contribution in [0.4, 0.5) is 5.69 Å². The number of sulfonamides is 1. The van der Waals surface area contributed by atoms with E-state index in [-0.39, 0.29) is 29.2 Å². The number of piperidine rings is 1. The Hall–Kier alpha value is -1.89. The summed E-state index contributed by atoms with van der Waals surface area (Å²) >= 11 is 5.86. The van der Waals surface area contributed by atoms with Gasteiger partial charge in [-0.25, -0.2) is 8.42 Å². The molecule has 0 saturated carbocycles. The molecule has 0 radical (unpaired) electrons. The molecule has 1 atom stereocenters. The summed E-state index contributed by atoms with van der Waals surface area (Å²) in [5.41, 5.74) is 1.86. The van der Waals surface area contributed by atoms with Gasteiger partial charge in [-0.05, 0) is 54.7 Å². The largest absolute Gasteiger partial charge is 0.326 e. The fourth-order valence-electron chi connectivity index (χ4n) is 3.48. The van der Waals surface area contributed by atoms with Gasteiger partial charge in [0.15, 0.2) is 0 Å². The van der Waals surface area contributed by atoms with Gasteiger partial charge in [0.1, 0.15) is 0 Å². The minimum absolute atomic E-state index is 0.135. The van der Waals surface area contributed by atoms with Crippen LogP contribution < -0.4 is 5.32 Å². The van der Waals surface area contributed by atoms with Crippen LogP contribution in [0.5, 0.6) is 0 Å². The van der Waals surface area contributed by atoms with Gasteiger partial charge in [0.05, 0.1) is 10.8 Å². The maximum atomic E-state index is 12.9. The molecule has 1 amide bonds. The molecule has 0 aliphatic carbocycles. The Bertz CT molecular complexity index is 942. The lowest BCUT2D eigenvalue weighted by Gasteiger charge is -2.31. The quantitative estimate of drug-likeness (QED) is 0.774. The van der Waals surface area contributed by atoms with Gasteiger partial charge >= 0.3 is 0 Å². The average molecular weight is 421 g/mol. The molecule has 0 aromatic heterocycles. The molecular formula is C21H25ClN2O3S. The highest BCUT2D eigenvalue weighted by Crippen LogP contribution is 2.28. The van der Waals surface area contributed by atoms with E-state index in [1.165, 1.54) is 16.4 Å². The van der Waals surface area contributed by atoms with Crippen LogP contribution in [-0.4, -0.2) is 31.7 Å². The van der Waals surface area contributed by atoms with E-state index in [4.69, 9.17) is 11.6 Å². The lowest BCUT2D eigenvalue weighted by atomic mass is 9.97. The Morgan fingerprint density at radius 2 is 1.82 bits per heavy atom. The fourth-order valence-corrected chi connectivity index (χ4v) is 5.13. The second kappa shape index (κ2) is 8.64. The van der Waals surface area contributed by atoms with Crippen molar-refractivity contribution in [3.05, 3.63) is 59.1 Å². The predicted molar refractivity (Wildman–Crippen MR) is 112 cm³/mol. The van der Waals surface area contributed by atoms with Crippen molar-refractivity contribution in [3.63, 3.8) is 0 Å². The first-order valence-electron chi connectivity index (χ1n) is 9.44. The molecule has 3 rings (SSSR count). The van der Waals surface area contributed by atoms with Crippen molar-refractivity contribution < 1.29 is 13.2 Å². The van der Waals surface area contributed by atoms with E-state index in [2.05, 4.69) is 19.2 Å². The zero-order valence-corrected chi connectivity index (χ0v) is 17.6. The Kier molecular flexibility index (Phi) is 6.43. The number of anilines is 1. The number of rotatable bonds is 5. The van der Waals surface area contributed by atoms with Gasteiger partial charge in [-0.1, -0.05) is 43.6 Å². The van der Waals surface area contributed by atoms with Crippen LogP contribution >= 0.6 is 11.6 Å². The van der Waals surface area contributed by atoms with Crippen LogP contribution in [0.25, 0.3) is 0 Å². The van der Waals surface area contributed by atoms with E-state index < -0.39 is 10.0 Å². The summed E-state index contributed by atoms with van der Waals surface area (Å²) in [4.78, 5) is 13.0. The van der Waals surface area contributed by atoms with Gasteiger partial charge in [0.25, 0.3) is 0 Å². The SMILES string of the molecule is CC(C)c1ccccc1NC(=O)[C@@H]1CCCN(S(=O)(=O)c2ccc(Cl)cc2)C1. The van der Waals surface area contributed by atoms with E-state index in [1.807, 2.05) is 24.3 Å². The first-order chi connectivity index (χ1) is 13.3. The van der Waals surface area contributed by atoms with Crippen molar-refractivity contribution in [1.82, 2.24) is 4.31 Å². The molecule has 1 aliphatic rings. The Morgan fingerprint density at radius 3 is 2.50 bits per heavy atom. The van der Waals surface area contributed by atoms with Crippen molar-refractivity contribution in [3.8, 4) is 0 Å². The maximum Gasteiger partial charge on any atom is 0.243 e. The predicted octanol–water partition coefficient (Wildman–Crippen LogP) is 4.50. The molecule has 1 saturated heterocycles. The minimum atomic E-state index is -3.64. The van der Waals surface area contributed by atoms with E-state index in [0.717, 1.165) is 11.3 Å². The number of para-hydroxylation sites is 1. The summed E-state index contributed by atoms with van der Waals surface area (Å²) in [6.45, 7) is 4.75. The number of nitrogens with one attached hydrogen (secondary N) is 1. The van der Waals surface area contributed by atoms with Gasteiger partial charge < -0.3 is 5.32 Å². The first-order valence-corrected chi connectivity index (χ1v) is 11.3. The van der Waals surface area contributed by atoms with E-state index in [1.54, 1.807) is 12.1 Å². The van der Waals surface area contributed by atoms with Gasteiger partial charge in [0, 0.05) is 23.8 Å². The number of nitrogens with zero attached hydrogens (tertiary/aromatic N) is 1. The number of carbonyl (C=O) groups excluding carboxylic acids is 1. The summed E-state index contributed by atoms with van der Waals surface area (Å²) < 4.78 is 27.2. The van der Waals surface area contributed by atoms with Crippen LogP contribution in [0.1, 0.15) is 38.2 Å². The highest BCUT2D eigenvalue weighted by molar-refractivity contribution is 7.89. The highest BCUT2D eigenvalue weighted by atomic mass is 35.5. The van der Waals surface area contributed by atoms with Crippen LogP contribution in [0.3, 0.4) is 0 Å². The fraction of sp³-hybridized carbons (Fsp3) is 0.381. The lowest BCUT2D eigenvalue weighted by Crippen LogP contribution is -2.43. The monoisotopic (exact) mass is 420 g/mol. The Labute approximate surface area is 171 Å². The molecule has 2 aromatic carbocycles. The van der Waals surface area contributed by atoms with Crippen LogP contribution in [-0.2, 0) is 14.8 Å². The Balaban J connectivity index is 1.74. The van der Waals surface area contributed by atoms with Crippen molar-refractivity contribution in [2.45, 2.75) is 37.5 Å². The van der Waals surface area contributed by atoms with Crippen molar-refractivity contribution in [2.75, 3.05) is 18.4 Å². The molecule has 150 valence electrons. The second-order valence-corrected chi connectivity index (χ2v) is 9.76. The normalized spacial score (nSPS) is 18.2. The van der Waals surface area contributed by atoms with Crippen molar-refractivity contribution in [2.24, 2.45) is 5.92 Å². The zero-order chi connectivity index (χ0) is 20.3. The topological polar surface area (TPSA) is 66.5 Å². The maximum absolute atomic E-state index is 12.9. The zero-order valence-electron chi connectivity index (χ0n) is 16.1. The minimum Gasteiger partial charge on any atom is -0.326 e. The number of halogens is 1. The summed E-state index contributed by atoms with van der Waals surface area (Å²) in [6, 6.07) is 13.8. The highest BCUT2D eigenvalue weighted by Gasteiger charge is 2.33. The number of hydrogen-bond donors (Lipinski definition) is 1. The third-order valence-electron chi connectivity index (χ3n) is 5.05. The molecule has 7 heteroatoms. The number of hydrogen-bond acceptors (Lipinski definition) is 3. The first kappa shape index (κ1) is 20.8. The summed E-state index contributed by atoms with van der Waals surface area (Å²) in [7, 11) is -3.64. The summed E-state index contributed by atoms with van der Waals surface area (Å²) in [5, 5.41) is 3.49. The van der Waals surface area contributed by atoms with Gasteiger partial charge in [-0.2, -0.15) is 4.31 Å². The molecule has 2 aromatic rings. The molecule has 5 nitrogen and oxygen atoms in total. The summed E-state index contributed by atoms with van der Waals surface area (Å²) in [5.74, 6) is -0.232. The number of benzene rings is 2. The average Bonchev–Trinajstić information content (AvgIpc) is 2.68. The van der Waals surface area contributed by atoms with E-state index in [9.17, 15) is 13.2 Å². The number of carbonyl (C=O) groups is 1. The molecule has 1 aliphatic heterocycles. The molecule has 0 unspecified atom stereocenters. The Morgan fingerprint density at radius 1 is 1.14 bits per heavy atom. The summed E-state index contributed by atoms with van der Waals surface area (Å²) in [6.07, 6.45) is 1.32. The van der Waals surface area contributed by atoms with Gasteiger partial charge in [0.2, 0.25) is 15.9 Å². The third-order valence-corrected chi connectivity index (χ3v) is 7.18. The van der Waals surface area contributed by atoms with Crippen molar-refractivity contribution >= 4 is 33.2 Å². The standard InChI is InChI=1S/C21H25ClN2O3S/c1-15(2)19-7-3-4-8-20(19)23-21(25)16-6-5-13-24(14-16)28(26,27)18-11-9-17(22)10-12-18/h3-4,7-12,15-16H,5-6,13-14H2,1-2H3,(H,23,25)/t16-/m1/s1. The molecule has 28 heavy (non-hydrogen) atoms. The molecule has 0 bridgehead atoms. The van der Waals surface area contributed by atoms with Crippen LogP contribution in [0.15, 0.2) is 53.4 Å². The van der Waals surface area contributed by atoms with Crippen molar-refractivity contribution in [1.29, 1.82) is 0 Å². The molecule has 1 heterocycles. The van der Waals surface area contributed by atoms with E-state index >= 15 is 0 Å². The van der Waals surface area contributed by atoms with Gasteiger partial charge in [-0.3, -0.25) is 4.79 Å². The number of amides is 1.